The van der Waals surface area contributed by atoms with E-state index in [1.165, 1.54) is 12.8 Å². The number of hydrogen-bond acceptors (Lipinski definition) is 3. The third-order valence-corrected chi connectivity index (χ3v) is 5.60. The van der Waals surface area contributed by atoms with E-state index in [4.69, 9.17) is 11.6 Å². The molecular weight excluding hydrogens is 376 g/mol. The second-order valence-electron chi connectivity index (χ2n) is 7.29. The molecule has 1 fully saturated rings. The number of carbonyl (C=O) groups is 2. The van der Waals surface area contributed by atoms with Crippen molar-refractivity contribution in [2.45, 2.75) is 26.2 Å². The molecule has 28 heavy (non-hydrogen) atoms. The van der Waals surface area contributed by atoms with Crippen LogP contribution in [0.2, 0.25) is 5.02 Å². The first-order valence-corrected chi connectivity index (χ1v) is 9.92. The van der Waals surface area contributed by atoms with Crippen molar-refractivity contribution in [3.05, 3.63) is 46.2 Å². The number of anilines is 2. The van der Waals surface area contributed by atoms with E-state index in [-0.39, 0.29) is 11.8 Å². The fraction of sp³-hybridized carbons (Fsp3) is 0.333. The monoisotopic (exact) mass is 398 g/mol. The van der Waals surface area contributed by atoms with Gasteiger partial charge in [-0.15, -0.1) is 0 Å². The summed E-state index contributed by atoms with van der Waals surface area (Å²) in [6.45, 7) is 4.89. The molecule has 2 aliphatic heterocycles. The molecule has 4 rings (SSSR count). The Morgan fingerprint density at radius 2 is 2.11 bits per heavy atom. The Labute approximate surface area is 168 Å². The zero-order valence-corrected chi connectivity index (χ0v) is 16.5. The van der Waals surface area contributed by atoms with Gasteiger partial charge < -0.3 is 20.5 Å². The van der Waals surface area contributed by atoms with Gasteiger partial charge in [-0.3, -0.25) is 9.59 Å². The average Bonchev–Trinajstić information content (AvgIpc) is 3.37. The molecule has 3 N–H and O–H groups in total. The van der Waals surface area contributed by atoms with Gasteiger partial charge in [0.25, 0.3) is 5.91 Å². The van der Waals surface area contributed by atoms with E-state index < -0.39 is 0 Å². The average molecular weight is 399 g/mol. The SMILES string of the molecule is Cc1c(NC(=O)CCN2CCCC2)c[nH]c1C=C1C(=O)Nc2ccc(Cl)cc21. The van der Waals surface area contributed by atoms with Gasteiger partial charge >= 0.3 is 0 Å². The first kappa shape index (κ1) is 18.8. The Morgan fingerprint density at radius 3 is 2.89 bits per heavy atom. The lowest BCUT2D eigenvalue weighted by Crippen LogP contribution is -2.25. The van der Waals surface area contributed by atoms with Crippen LogP contribution >= 0.6 is 11.6 Å². The van der Waals surface area contributed by atoms with Crippen LogP contribution in [-0.4, -0.2) is 41.3 Å². The smallest absolute Gasteiger partial charge is 0.256 e. The van der Waals surface area contributed by atoms with E-state index in [0.29, 0.717) is 17.0 Å². The number of nitrogens with zero attached hydrogens (tertiary/aromatic N) is 1. The number of amides is 2. The van der Waals surface area contributed by atoms with Gasteiger partial charge in [-0.05, 0) is 62.7 Å². The summed E-state index contributed by atoms with van der Waals surface area (Å²) in [6.07, 6.45) is 6.49. The fourth-order valence-electron chi connectivity index (χ4n) is 3.72. The minimum Gasteiger partial charge on any atom is -0.360 e. The van der Waals surface area contributed by atoms with Crippen molar-refractivity contribution in [1.29, 1.82) is 0 Å². The summed E-state index contributed by atoms with van der Waals surface area (Å²) in [5.74, 6) is -0.161. The van der Waals surface area contributed by atoms with Gasteiger partial charge in [0.05, 0.1) is 11.3 Å². The molecule has 0 atom stereocenters. The summed E-state index contributed by atoms with van der Waals surface area (Å²) in [7, 11) is 0. The summed E-state index contributed by atoms with van der Waals surface area (Å²) in [6, 6.07) is 5.32. The lowest BCUT2D eigenvalue weighted by atomic mass is 10.0. The van der Waals surface area contributed by atoms with E-state index in [1.807, 2.05) is 6.92 Å². The van der Waals surface area contributed by atoms with Gasteiger partial charge in [-0.25, -0.2) is 0 Å². The maximum absolute atomic E-state index is 12.3. The zero-order valence-electron chi connectivity index (χ0n) is 15.8. The molecule has 2 amide bonds. The van der Waals surface area contributed by atoms with Crippen molar-refractivity contribution >= 4 is 46.4 Å². The highest BCUT2D eigenvalue weighted by atomic mass is 35.5. The maximum Gasteiger partial charge on any atom is 0.256 e. The molecule has 0 saturated carbocycles. The predicted octanol–water partition coefficient (Wildman–Crippen LogP) is 3.89. The van der Waals surface area contributed by atoms with E-state index in [9.17, 15) is 9.59 Å². The highest BCUT2D eigenvalue weighted by Gasteiger charge is 2.25. The zero-order chi connectivity index (χ0) is 19.7. The van der Waals surface area contributed by atoms with Crippen LogP contribution in [-0.2, 0) is 9.59 Å². The molecule has 0 unspecified atom stereocenters. The van der Waals surface area contributed by atoms with E-state index in [1.54, 1.807) is 30.5 Å². The number of nitrogens with one attached hydrogen (secondary N) is 3. The number of benzene rings is 1. The Morgan fingerprint density at radius 1 is 1.32 bits per heavy atom. The predicted molar refractivity (Wildman–Crippen MR) is 112 cm³/mol. The molecule has 1 saturated heterocycles. The number of aromatic amines is 1. The number of carbonyl (C=O) groups excluding carboxylic acids is 2. The lowest BCUT2D eigenvalue weighted by Gasteiger charge is -2.13. The topological polar surface area (TPSA) is 77.2 Å². The fourth-order valence-corrected chi connectivity index (χ4v) is 3.89. The normalized spacial score (nSPS) is 17.8. The Bertz CT molecular complexity index is 957. The molecule has 2 aliphatic rings. The van der Waals surface area contributed by atoms with Crippen molar-refractivity contribution in [2.75, 3.05) is 30.3 Å². The number of aromatic nitrogens is 1. The number of halogens is 1. The Kier molecular flexibility index (Phi) is 5.24. The number of likely N-dealkylation sites (tertiary alicyclic amines) is 1. The van der Waals surface area contributed by atoms with E-state index in [2.05, 4.69) is 20.5 Å². The maximum atomic E-state index is 12.3. The third kappa shape index (κ3) is 3.84. The van der Waals surface area contributed by atoms with Gasteiger partial charge in [0.1, 0.15) is 0 Å². The van der Waals surface area contributed by atoms with Crippen LogP contribution in [0.25, 0.3) is 11.6 Å². The quantitative estimate of drug-likeness (QED) is 0.668. The number of hydrogen-bond donors (Lipinski definition) is 3. The Hall–Kier alpha value is -2.57. The van der Waals surface area contributed by atoms with Crippen LogP contribution in [0.4, 0.5) is 11.4 Å². The minimum atomic E-state index is -0.164. The molecule has 0 spiro atoms. The van der Waals surface area contributed by atoms with Gasteiger partial charge in [0.2, 0.25) is 5.91 Å². The van der Waals surface area contributed by atoms with Crippen LogP contribution in [0.5, 0.6) is 0 Å². The molecule has 7 heteroatoms. The van der Waals surface area contributed by atoms with Crippen LogP contribution in [0.3, 0.4) is 0 Å². The van der Waals surface area contributed by atoms with E-state index >= 15 is 0 Å². The molecule has 0 aliphatic carbocycles. The summed E-state index contributed by atoms with van der Waals surface area (Å²) in [5.41, 5.74) is 4.50. The Balaban J connectivity index is 1.48. The van der Waals surface area contributed by atoms with Gasteiger partial charge in [0.15, 0.2) is 0 Å². The molecule has 3 heterocycles. The molecular formula is C21H23ClN4O2. The van der Waals surface area contributed by atoms with E-state index in [0.717, 1.165) is 47.8 Å². The molecule has 146 valence electrons. The standard InChI is InChI=1S/C21H23ClN4O2/c1-13-18(11-16-15-10-14(22)4-5-17(15)25-21(16)28)23-12-19(13)24-20(27)6-9-26-7-2-3-8-26/h4-5,10-12,23H,2-3,6-9H2,1H3,(H,24,27)(H,25,28). The molecule has 2 aromatic rings. The highest BCUT2D eigenvalue weighted by molar-refractivity contribution is 6.36. The van der Waals surface area contributed by atoms with Gasteiger partial charge in [-0.2, -0.15) is 0 Å². The van der Waals surface area contributed by atoms with Gasteiger partial charge in [-0.1, -0.05) is 11.6 Å². The van der Waals surface area contributed by atoms with Crippen molar-refractivity contribution in [3.8, 4) is 0 Å². The van der Waals surface area contributed by atoms with Crippen molar-refractivity contribution in [2.24, 2.45) is 0 Å². The number of fused-ring (bicyclic) bond motifs is 1. The highest BCUT2D eigenvalue weighted by Crippen LogP contribution is 2.35. The molecule has 1 aromatic heterocycles. The minimum absolute atomic E-state index is 0.00365. The first-order chi connectivity index (χ1) is 13.5. The second kappa shape index (κ2) is 7.81. The van der Waals surface area contributed by atoms with Crippen molar-refractivity contribution in [3.63, 3.8) is 0 Å². The third-order valence-electron chi connectivity index (χ3n) is 5.36. The molecule has 1 aromatic carbocycles. The molecule has 0 radical (unpaired) electrons. The summed E-state index contributed by atoms with van der Waals surface area (Å²) in [4.78, 5) is 30.1. The summed E-state index contributed by atoms with van der Waals surface area (Å²) in [5, 5.41) is 6.39. The van der Waals surface area contributed by atoms with Crippen LogP contribution in [0, 0.1) is 6.92 Å². The summed E-state index contributed by atoms with van der Waals surface area (Å²) >= 11 is 6.08. The molecule has 6 nitrogen and oxygen atoms in total. The van der Waals surface area contributed by atoms with Crippen LogP contribution in [0.15, 0.2) is 24.4 Å². The van der Waals surface area contributed by atoms with Crippen LogP contribution in [0.1, 0.15) is 36.1 Å². The largest absolute Gasteiger partial charge is 0.360 e. The van der Waals surface area contributed by atoms with Crippen molar-refractivity contribution < 1.29 is 9.59 Å². The number of rotatable bonds is 5. The first-order valence-electron chi connectivity index (χ1n) is 9.54. The summed E-state index contributed by atoms with van der Waals surface area (Å²) < 4.78 is 0. The van der Waals surface area contributed by atoms with Crippen molar-refractivity contribution in [1.82, 2.24) is 9.88 Å². The lowest BCUT2D eigenvalue weighted by molar-refractivity contribution is -0.116. The molecule has 0 bridgehead atoms. The van der Waals surface area contributed by atoms with Gasteiger partial charge in [0, 0.05) is 41.1 Å². The second-order valence-corrected chi connectivity index (χ2v) is 7.73. The van der Waals surface area contributed by atoms with Crippen LogP contribution < -0.4 is 10.6 Å². The number of H-pyrrole nitrogens is 1.